The van der Waals surface area contributed by atoms with Gasteiger partial charge in [0, 0.05) is 28.7 Å². The Labute approximate surface area is 147 Å². The van der Waals surface area contributed by atoms with Gasteiger partial charge >= 0.3 is 0 Å². The maximum atomic E-state index is 12.6. The van der Waals surface area contributed by atoms with Crippen molar-refractivity contribution in [3.05, 3.63) is 54.4 Å². The minimum atomic E-state index is -0.395. The van der Waals surface area contributed by atoms with Crippen molar-refractivity contribution in [2.75, 3.05) is 11.9 Å². The molecular weight excluding hydrogens is 318 g/mol. The molecule has 2 aromatic rings. The zero-order valence-corrected chi connectivity index (χ0v) is 14.7. The second-order valence-electron chi connectivity index (χ2n) is 6.09. The number of aromatic nitrogens is 1. The molecule has 1 aliphatic rings. The Hall–Kier alpha value is -1.85. The molecule has 3 rings (SSSR count). The predicted molar refractivity (Wildman–Crippen MR) is 99.1 cm³/mol. The largest absolute Gasteiger partial charge is 0.324 e. The molecule has 1 unspecified atom stereocenters. The van der Waals surface area contributed by atoms with Gasteiger partial charge in [0.1, 0.15) is 0 Å². The Kier molecular flexibility index (Phi) is 5.53. The maximum Gasteiger partial charge on any atom is 0.244 e. The van der Waals surface area contributed by atoms with Crippen LogP contribution in [0.5, 0.6) is 0 Å². The lowest BCUT2D eigenvalue weighted by molar-refractivity contribution is -0.122. The quantitative estimate of drug-likeness (QED) is 0.784. The molecule has 24 heavy (non-hydrogen) atoms. The molecule has 1 fully saturated rings. The third-order valence-electron chi connectivity index (χ3n) is 4.52. The molecule has 0 spiro atoms. The van der Waals surface area contributed by atoms with Gasteiger partial charge in [0.25, 0.3) is 0 Å². The number of hydrogen-bond donors (Lipinski definition) is 2. The zero-order chi connectivity index (χ0) is 16.8. The molecule has 1 aromatic carbocycles. The summed E-state index contributed by atoms with van der Waals surface area (Å²) in [6.07, 6.45) is 6.46. The Balaban J connectivity index is 1.57. The summed E-state index contributed by atoms with van der Waals surface area (Å²) in [5, 5.41) is 6.42. The van der Waals surface area contributed by atoms with Crippen LogP contribution in [0, 0.1) is 0 Å². The lowest BCUT2D eigenvalue weighted by atomic mass is 9.93. The minimum Gasteiger partial charge on any atom is -0.324 e. The van der Waals surface area contributed by atoms with Gasteiger partial charge in [-0.2, -0.15) is 0 Å². The van der Waals surface area contributed by atoms with E-state index in [1.54, 1.807) is 18.0 Å². The van der Waals surface area contributed by atoms with Crippen LogP contribution in [0.3, 0.4) is 0 Å². The fraction of sp³-hybridized carbons (Fsp3) is 0.368. The fourth-order valence-electron chi connectivity index (χ4n) is 3.00. The van der Waals surface area contributed by atoms with Crippen molar-refractivity contribution in [2.24, 2.45) is 0 Å². The Bertz CT molecular complexity index is 667. The molecule has 5 heteroatoms. The summed E-state index contributed by atoms with van der Waals surface area (Å²) in [5.41, 5.74) is 1.66. The second-order valence-corrected chi connectivity index (χ2v) is 7.14. The van der Waals surface area contributed by atoms with E-state index < -0.39 is 5.54 Å². The van der Waals surface area contributed by atoms with Crippen molar-refractivity contribution in [1.29, 1.82) is 0 Å². The number of nitrogens with one attached hydrogen (secondary N) is 2. The molecule has 126 valence electrons. The highest BCUT2D eigenvalue weighted by atomic mass is 32.2. The van der Waals surface area contributed by atoms with Crippen LogP contribution in [-0.4, -0.2) is 23.0 Å². The topological polar surface area (TPSA) is 54.0 Å². The van der Waals surface area contributed by atoms with Crippen molar-refractivity contribution < 1.29 is 4.79 Å². The average molecular weight is 341 g/mol. The standard InChI is InChI=1S/C19H23N3OS/c1-2-19(10-4-12-21-19)18(23)22-16-6-8-17(9-7-16)24-14-15-5-3-11-20-13-15/h3,5-9,11,13,21H,2,4,10,12,14H2,1H3,(H,22,23). The van der Waals surface area contributed by atoms with E-state index in [9.17, 15) is 4.79 Å². The number of hydrogen-bond acceptors (Lipinski definition) is 4. The molecule has 1 atom stereocenters. The predicted octanol–water partition coefficient (Wildman–Crippen LogP) is 3.84. The molecule has 1 aromatic heterocycles. The monoisotopic (exact) mass is 341 g/mol. The molecule has 4 nitrogen and oxygen atoms in total. The number of rotatable bonds is 6. The molecule has 0 radical (unpaired) electrons. The first-order chi connectivity index (χ1) is 11.7. The molecule has 2 heterocycles. The summed E-state index contributed by atoms with van der Waals surface area (Å²) < 4.78 is 0. The van der Waals surface area contributed by atoms with Crippen molar-refractivity contribution in [1.82, 2.24) is 10.3 Å². The average Bonchev–Trinajstić information content (AvgIpc) is 3.12. The van der Waals surface area contributed by atoms with E-state index in [2.05, 4.69) is 40.7 Å². The van der Waals surface area contributed by atoms with E-state index in [-0.39, 0.29) is 5.91 Å². The van der Waals surface area contributed by atoms with Crippen molar-refractivity contribution in [3.63, 3.8) is 0 Å². The summed E-state index contributed by atoms with van der Waals surface area (Å²) in [5.74, 6) is 0.973. The zero-order valence-electron chi connectivity index (χ0n) is 13.9. The number of benzene rings is 1. The highest BCUT2D eigenvalue weighted by Gasteiger charge is 2.38. The fourth-order valence-corrected chi connectivity index (χ4v) is 3.83. The molecule has 1 aliphatic heterocycles. The third-order valence-corrected chi connectivity index (χ3v) is 5.61. The second kappa shape index (κ2) is 7.81. The molecule has 0 saturated carbocycles. The molecule has 1 amide bonds. The number of thioether (sulfide) groups is 1. The van der Waals surface area contributed by atoms with Gasteiger partial charge in [-0.15, -0.1) is 11.8 Å². The number of anilines is 1. The molecule has 0 bridgehead atoms. The van der Waals surface area contributed by atoms with E-state index in [4.69, 9.17) is 0 Å². The first kappa shape index (κ1) is 17.0. The SMILES string of the molecule is CCC1(C(=O)Nc2ccc(SCc3cccnc3)cc2)CCCN1. The van der Waals surface area contributed by atoms with Crippen LogP contribution in [0.2, 0.25) is 0 Å². The van der Waals surface area contributed by atoms with Gasteiger partial charge in [0.15, 0.2) is 0 Å². The Morgan fingerprint density at radius 1 is 1.33 bits per heavy atom. The summed E-state index contributed by atoms with van der Waals surface area (Å²) in [7, 11) is 0. The van der Waals surface area contributed by atoms with E-state index in [1.807, 2.05) is 24.4 Å². The summed E-state index contributed by atoms with van der Waals surface area (Å²) >= 11 is 1.77. The first-order valence-electron chi connectivity index (χ1n) is 8.40. The van der Waals surface area contributed by atoms with Crippen LogP contribution < -0.4 is 10.6 Å². The van der Waals surface area contributed by atoms with Crippen LogP contribution in [0.25, 0.3) is 0 Å². The van der Waals surface area contributed by atoms with Gasteiger partial charge in [-0.05, 0) is 61.7 Å². The summed E-state index contributed by atoms with van der Waals surface area (Å²) in [6.45, 7) is 2.99. The molecule has 2 N–H and O–H groups in total. The molecule has 0 aliphatic carbocycles. The lowest BCUT2D eigenvalue weighted by Gasteiger charge is -2.26. The minimum absolute atomic E-state index is 0.0817. The van der Waals surface area contributed by atoms with Crippen LogP contribution in [0.1, 0.15) is 31.7 Å². The summed E-state index contributed by atoms with van der Waals surface area (Å²) in [6, 6.07) is 12.1. The van der Waals surface area contributed by atoms with Gasteiger partial charge in [-0.25, -0.2) is 0 Å². The first-order valence-corrected chi connectivity index (χ1v) is 9.39. The van der Waals surface area contributed by atoms with Crippen LogP contribution >= 0.6 is 11.8 Å². The number of carbonyl (C=O) groups excluding carboxylic acids is 1. The molecule has 1 saturated heterocycles. The van der Waals surface area contributed by atoms with E-state index in [0.29, 0.717) is 0 Å². The maximum absolute atomic E-state index is 12.6. The number of amides is 1. The Morgan fingerprint density at radius 2 is 2.17 bits per heavy atom. The van der Waals surface area contributed by atoms with E-state index >= 15 is 0 Å². The van der Waals surface area contributed by atoms with Crippen LogP contribution in [0.4, 0.5) is 5.69 Å². The van der Waals surface area contributed by atoms with Crippen LogP contribution in [0.15, 0.2) is 53.7 Å². The highest BCUT2D eigenvalue weighted by molar-refractivity contribution is 7.98. The summed E-state index contributed by atoms with van der Waals surface area (Å²) in [4.78, 5) is 17.9. The number of nitrogens with zero attached hydrogens (tertiary/aromatic N) is 1. The van der Waals surface area contributed by atoms with Gasteiger partial charge in [0.2, 0.25) is 5.91 Å². The van der Waals surface area contributed by atoms with Gasteiger partial charge in [-0.1, -0.05) is 13.0 Å². The van der Waals surface area contributed by atoms with Crippen molar-refractivity contribution in [2.45, 2.75) is 42.4 Å². The van der Waals surface area contributed by atoms with Gasteiger partial charge < -0.3 is 10.6 Å². The van der Waals surface area contributed by atoms with Crippen LogP contribution in [-0.2, 0) is 10.5 Å². The third kappa shape index (κ3) is 3.97. The molecular formula is C19H23N3OS. The van der Waals surface area contributed by atoms with Gasteiger partial charge in [-0.3, -0.25) is 9.78 Å². The van der Waals surface area contributed by atoms with Crippen molar-refractivity contribution >= 4 is 23.4 Å². The Morgan fingerprint density at radius 3 is 2.79 bits per heavy atom. The number of carbonyl (C=O) groups is 1. The highest BCUT2D eigenvalue weighted by Crippen LogP contribution is 2.27. The van der Waals surface area contributed by atoms with Crippen molar-refractivity contribution in [3.8, 4) is 0 Å². The number of pyridine rings is 1. The lowest BCUT2D eigenvalue weighted by Crippen LogP contribution is -2.50. The van der Waals surface area contributed by atoms with Gasteiger partial charge in [0.05, 0.1) is 5.54 Å². The van der Waals surface area contributed by atoms with E-state index in [0.717, 1.165) is 37.2 Å². The normalized spacial score (nSPS) is 20.0. The van der Waals surface area contributed by atoms with E-state index in [1.165, 1.54) is 10.5 Å². The smallest absolute Gasteiger partial charge is 0.244 e.